The zero-order chi connectivity index (χ0) is 15.4. The number of nitrogens with zero attached hydrogens (tertiary/aromatic N) is 2. The first kappa shape index (κ1) is 15.2. The number of aliphatic carboxylic acids is 1. The summed E-state index contributed by atoms with van der Waals surface area (Å²) in [6.45, 7) is 1.70. The van der Waals surface area contributed by atoms with Crippen molar-refractivity contribution in [3.8, 4) is 0 Å². The molecule has 0 bridgehead atoms. The molecule has 1 aliphatic rings. The molecule has 0 saturated carbocycles. The second kappa shape index (κ2) is 6.49. The van der Waals surface area contributed by atoms with Crippen LogP contribution in [0, 0.1) is 5.82 Å². The zero-order valence-corrected chi connectivity index (χ0v) is 11.9. The predicted octanol–water partition coefficient (Wildman–Crippen LogP) is 1.61. The maximum Gasteiger partial charge on any atom is 0.305 e. The monoisotopic (exact) mass is 309 g/mol. The van der Waals surface area contributed by atoms with Gasteiger partial charge in [0.05, 0.1) is 12.1 Å². The Balaban J connectivity index is 2.07. The van der Waals surface area contributed by atoms with E-state index < -0.39 is 17.1 Å². The topological polar surface area (TPSA) is 91.1 Å². The Morgan fingerprint density at radius 2 is 2.10 bits per heavy atom. The van der Waals surface area contributed by atoms with Gasteiger partial charge in [0.1, 0.15) is 11.1 Å². The lowest BCUT2D eigenvalue weighted by Gasteiger charge is -1.99. The van der Waals surface area contributed by atoms with Crippen LogP contribution in [0.15, 0.2) is 34.5 Å². The summed E-state index contributed by atoms with van der Waals surface area (Å²) in [6, 6.07) is 5.77. The Kier molecular flexibility index (Phi) is 4.69. The van der Waals surface area contributed by atoms with E-state index in [0.717, 1.165) is 11.8 Å². The number of thioether (sulfide) groups is 1. The lowest BCUT2D eigenvalue weighted by Crippen LogP contribution is -2.26. The number of carboxylic acids is 1. The third-order valence-electron chi connectivity index (χ3n) is 2.69. The van der Waals surface area contributed by atoms with Gasteiger partial charge in [0.15, 0.2) is 5.17 Å². The highest BCUT2D eigenvalue weighted by Gasteiger charge is 2.32. The third kappa shape index (κ3) is 4.12. The van der Waals surface area contributed by atoms with Gasteiger partial charge in [-0.25, -0.2) is 4.39 Å². The fourth-order valence-electron chi connectivity index (χ4n) is 1.61. The molecule has 1 saturated heterocycles. The van der Waals surface area contributed by atoms with Crippen LogP contribution >= 0.6 is 11.8 Å². The number of carbonyl (C=O) groups is 2. The van der Waals surface area contributed by atoms with Crippen molar-refractivity contribution < 1.29 is 19.1 Å². The van der Waals surface area contributed by atoms with Crippen LogP contribution in [0.5, 0.6) is 0 Å². The molecule has 6 nitrogen and oxygen atoms in total. The SMILES string of the molecule is CC(=NN=C1NC(=O)C(CC(=O)O)S1)c1ccc(F)cc1. The van der Waals surface area contributed by atoms with Crippen molar-refractivity contribution in [2.75, 3.05) is 0 Å². The van der Waals surface area contributed by atoms with Crippen molar-refractivity contribution in [1.82, 2.24) is 5.32 Å². The van der Waals surface area contributed by atoms with Crippen LogP contribution in [-0.4, -0.2) is 33.1 Å². The van der Waals surface area contributed by atoms with Crippen molar-refractivity contribution in [1.29, 1.82) is 0 Å². The summed E-state index contributed by atoms with van der Waals surface area (Å²) in [5, 5.41) is 18.5. The molecule has 2 rings (SSSR count). The number of halogens is 1. The summed E-state index contributed by atoms with van der Waals surface area (Å²) in [7, 11) is 0. The van der Waals surface area contributed by atoms with E-state index in [4.69, 9.17) is 5.11 Å². The maximum atomic E-state index is 12.8. The molecular weight excluding hydrogens is 297 g/mol. The molecular formula is C13H12FN3O3S. The van der Waals surface area contributed by atoms with E-state index in [-0.39, 0.29) is 17.4 Å². The van der Waals surface area contributed by atoms with Crippen molar-refractivity contribution in [3.05, 3.63) is 35.6 Å². The van der Waals surface area contributed by atoms with Gasteiger partial charge in [-0.1, -0.05) is 23.9 Å². The molecule has 1 unspecified atom stereocenters. The normalized spacial score (nSPS) is 20.7. The van der Waals surface area contributed by atoms with Crippen LogP contribution < -0.4 is 5.32 Å². The zero-order valence-electron chi connectivity index (χ0n) is 11.0. The molecule has 1 aromatic carbocycles. The van der Waals surface area contributed by atoms with Gasteiger partial charge in [0, 0.05) is 0 Å². The van der Waals surface area contributed by atoms with E-state index in [1.165, 1.54) is 12.1 Å². The molecule has 1 amide bonds. The maximum absolute atomic E-state index is 12.8. The van der Waals surface area contributed by atoms with E-state index in [2.05, 4.69) is 15.5 Å². The van der Waals surface area contributed by atoms with E-state index in [9.17, 15) is 14.0 Å². The average Bonchev–Trinajstić information content (AvgIpc) is 2.77. The second-order valence-corrected chi connectivity index (χ2v) is 5.48. The summed E-state index contributed by atoms with van der Waals surface area (Å²) in [6.07, 6.45) is -0.268. The van der Waals surface area contributed by atoms with Crippen LogP contribution in [0.25, 0.3) is 0 Å². The quantitative estimate of drug-likeness (QED) is 0.653. The smallest absolute Gasteiger partial charge is 0.305 e. The molecule has 1 aliphatic heterocycles. The molecule has 0 radical (unpaired) electrons. The number of rotatable bonds is 4. The van der Waals surface area contributed by atoms with Crippen molar-refractivity contribution in [2.24, 2.45) is 10.2 Å². The number of amides is 1. The predicted molar refractivity (Wildman–Crippen MR) is 77.8 cm³/mol. The minimum Gasteiger partial charge on any atom is -0.481 e. The van der Waals surface area contributed by atoms with E-state index in [1.54, 1.807) is 19.1 Å². The van der Waals surface area contributed by atoms with Gasteiger partial charge in [-0.2, -0.15) is 5.10 Å². The molecule has 1 fully saturated rings. The first-order valence-electron chi connectivity index (χ1n) is 6.03. The molecule has 0 spiro atoms. The highest BCUT2D eigenvalue weighted by molar-refractivity contribution is 8.15. The Labute approximate surface area is 124 Å². The Hall–Kier alpha value is -2.22. The fraction of sp³-hybridized carbons (Fsp3) is 0.231. The summed E-state index contributed by atoms with van der Waals surface area (Å²) in [5.41, 5.74) is 1.26. The number of hydrogen-bond donors (Lipinski definition) is 2. The van der Waals surface area contributed by atoms with E-state index >= 15 is 0 Å². The Bertz CT molecular complexity index is 628. The second-order valence-electron chi connectivity index (χ2n) is 4.29. The molecule has 8 heteroatoms. The average molecular weight is 309 g/mol. The Morgan fingerprint density at radius 3 is 2.71 bits per heavy atom. The first-order chi connectivity index (χ1) is 9.95. The summed E-state index contributed by atoms with van der Waals surface area (Å²) in [4.78, 5) is 22.1. The standard InChI is InChI=1S/C13H12FN3O3S/c1-7(8-2-4-9(14)5-3-8)16-17-13-15-12(20)10(21-13)6-11(18)19/h2-5,10H,6H2,1H3,(H,18,19)(H,15,17,20). The molecule has 2 N–H and O–H groups in total. The molecule has 1 heterocycles. The minimum absolute atomic E-state index is 0.257. The summed E-state index contributed by atoms with van der Waals surface area (Å²) in [5.74, 6) is -1.78. The van der Waals surface area contributed by atoms with Gasteiger partial charge in [0.2, 0.25) is 5.91 Å². The van der Waals surface area contributed by atoms with Gasteiger partial charge in [-0.15, -0.1) is 5.10 Å². The van der Waals surface area contributed by atoms with Crippen LogP contribution in [0.2, 0.25) is 0 Å². The van der Waals surface area contributed by atoms with Crippen LogP contribution in [-0.2, 0) is 9.59 Å². The molecule has 1 atom stereocenters. The van der Waals surface area contributed by atoms with E-state index in [1.807, 2.05) is 0 Å². The summed E-state index contributed by atoms with van der Waals surface area (Å²) >= 11 is 1.03. The van der Waals surface area contributed by atoms with Gasteiger partial charge in [-0.3, -0.25) is 9.59 Å². The number of carbonyl (C=O) groups excluding carboxylic acids is 1. The molecule has 0 aromatic heterocycles. The van der Waals surface area contributed by atoms with Gasteiger partial charge in [-0.05, 0) is 24.6 Å². The van der Waals surface area contributed by atoms with Gasteiger partial charge < -0.3 is 10.4 Å². The number of benzene rings is 1. The van der Waals surface area contributed by atoms with Gasteiger partial charge in [0.25, 0.3) is 0 Å². The lowest BCUT2D eigenvalue weighted by atomic mass is 10.1. The number of nitrogens with one attached hydrogen (secondary N) is 1. The van der Waals surface area contributed by atoms with Crippen molar-refractivity contribution >= 4 is 34.5 Å². The third-order valence-corrected chi connectivity index (χ3v) is 3.76. The number of amidine groups is 1. The molecule has 110 valence electrons. The molecule has 1 aromatic rings. The highest BCUT2D eigenvalue weighted by Crippen LogP contribution is 2.22. The van der Waals surface area contributed by atoms with Crippen LogP contribution in [0.4, 0.5) is 4.39 Å². The summed E-state index contributed by atoms with van der Waals surface area (Å²) < 4.78 is 12.8. The molecule has 0 aliphatic carbocycles. The fourth-order valence-corrected chi connectivity index (χ4v) is 2.52. The Morgan fingerprint density at radius 1 is 1.43 bits per heavy atom. The van der Waals surface area contributed by atoms with Crippen molar-refractivity contribution in [2.45, 2.75) is 18.6 Å². The number of carboxylic acid groups (broad SMARTS) is 1. The van der Waals surface area contributed by atoms with Crippen LogP contribution in [0.3, 0.4) is 0 Å². The highest BCUT2D eigenvalue weighted by atomic mass is 32.2. The molecule has 21 heavy (non-hydrogen) atoms. The largest absolute Gasteiger partial charge is 0.481 e. The van der Waals surface area contributed by atoms with E-state index in [0.29, 0.717) is 11.3 Å². The van der Waals surface area contributed by atoms with Gasteiger partial charge >= 0.3 is 5.97 Å². The first-order valence-corrected chi connectivity index (χ1v) is 6.91. The minimum atomic E-state index is -1.05. The van der Waals surface area contributed by atoms with Crippen LogP contribution in [0.1, 0.15) is 18.9 Å². The van der Waals surface area contributed by atoms with Crippen molar-refractivity contribution in [3.63, 3.8) is 0 Å². The lowest BCUT2D eigenvalue weighted by molar-refractivity contribution is -0.138. The number of hydrogen-bond acceptors (Lipinski definition) is 5.